The number of nitrogens with one attached hydrogen (secondary N) is 1. The van der Waals surface area contributed by atoms with Crippen LogP contribution in [-0.4, -0.2) is 16.3 Å². The smallest absolute Gasteiger partial charge is 0.0537 e. The lowest BCUT2D eigenvalue weighted by Crippen LogP contribution is -2.19. The molecule has 0 unspecified atom stereocenters. The average Bonchev–Trinajstić information content (AvgIpc) is 3.03. The molecule has 0 aliphatic heterocycles. The van der Waals surface area contributed by atoms with Gasteiger partial charge in [0, 0.05) is 30.3 Å². The summed E-state index contributed by atoms with van der Waals surface area (Å²) in [6.45, 7) is 9.84. The molecule has 1 aliphatic carbocycles. The molecule has 0 amide bonds. The van der Waals surface area contributed by atoms with Crippen LogP contribution in [0.1, 0.15) is 57.2 Å². The van der Waals surface area contributed by atoms with E-state index < -0.39 is 0 Å². The lowest BCUT2D eigenvalue weighted by Gasteiger charge is -2.10. The molecule has 0 saturated heterocycles. The van der Waals surface area contributed by atoms with Gasteiger partial charge in [-0.2, -0.15) is 5.10 Å². The first kappa shape index (κ1) is 12.6. The summed E-state index contributed by atoms with van der Waals surface area (Å²) in [5, 5.41) is 8.07. The van der Waals surface area contributed by atoms with E-state index in [9.17, 15) is 0 Å². The Hall–Kier alpha value is -0.830. The van der Waals surface area contributed by atoms with Crippen molar-refractivity contribution in [3.63, 3.8) is 0 Å². The van der Waals surface area contributed by atoms with Crippen LogP contribution in [0.25, 0.3) is 0 Å². The van der Waals surface area contributed by atoms with E-state index in [0.29, 0.717) is 5.92 Å². The molecule has 0 radical (unpaired) electrons. The molecule has 1 N–H and O–H groups in total. The number of nitrogens with zero attached hydrogens (tertiary/aromatic N) is 2. The molecule has 1 aromatic heterocycles. The third-order valence-electron chi connectivity index (χ3n) is 3.23. The number of aryl methyl sites for hydroxylation is 1. The van der Waals surface area contributed by atoms with Crippen LogP contribution in [0.15, 0.2) is 6.20 Å². The lowest BCUT2D eigenvalue weighted by molar-refractivity contribution is 0.545. The molecule has 0 bridgehead atoms. The molecule has 3 heteroatoms. The summed E-state index contributed by atoms with van der Waals surface area (Å²) in [4.78, 5) is 0. The van der Waals surface area contributed by atoms with Gasteiger partial charge >= 0.3 is 0 Å². The molecule has 1 aromatic rings. The van der Waals surface area contributed by atoms with Crippen molar-refractivity contribution < 1.29 is 0 Å². The predicted molar refractivity (Wildman–Crippen MR) is 71.0 cm³/mol. The van der Waals surface area contributed by atoms with E-state index in [1.165, 1.54) is 30.5 Å². The van der Waals surface area contributed by atoms with Crippen LogP contribution in [0.3, 0.4) is 0 Å². The number of aromatic nitrogens is 2. The first-order valence-electron chi connectivity index (χ1n) is 6.97. The Morgan fingerprint density at radius 2 is 2.24 bits per heavy atom. The maximum atomic E-state index is 4.54. The highest BCUT2D eigenvalue weighted by Crippen LogP contribution is 2.41. The standard InChI is InChI=1S/C14H25N3/c1-4-7-17-14(12-5-6-12)13(10-16-17)9-15-8-11(2)3/h10-12,15H,4-9H2,1-3H3. The van der Waals surface area contributed by atoms with Crippen molar-refractivity contribution in [2.45, 2.75) is 59.0 Å². The van der Waals surface area contributed by atoms with Gasteiger partial charge in [-0.1, -0.05) is 20.8 Å². The molecule has 1 aliphatic rings. The second kappa shape index (κ2) is 5.67. The zero-order valence-corrected chi connectivity index (χ0v) is 11.4. The van der Waals surface area contributed by atoms with E-state index in [1.54, 1.807) is 0 Å². The summed E-state index contributed by atoms with van der Waals surface area (Å²) < 4.78 is 2.23. The maximum Gasteiger partial charge on any atom is 0.0537 e. The summed E-state index contributed by atoms with van der Waals surface area (Å²) in [5.74, 6) is 1.50. The molecule has 0 aromatic carbocycles. The lowest BCUT2D eigenvalue weighted by atomic mass is 10.1. The van der Waals surface area contributed by atoms with Crippen molar-refractivity contribution in [1.29, 1.82) is 0 Å². The minimum Gasteiger partial charge on any atom is -0.312 e. The van der Waals surface area contributed by atoms with Crippen LogP contribution in [0, 0.1) is 5.92 Å². The van der Waals surface area contributed by atoms with E-state index in [1.807, 2.05) is 0 Å². The van der Waals surface area contributed by atoms with Crippen molar-refractivity contribution in [1.82, 2.24) is 15.1 Å². The molecule has 2 rings (SSSR count). The number of rotatable bonds is 7. The SMILES string of the molecule is CCCn1ncc(CNCC(C)C)c1C1CC1. The van der Waals surface area contributed by atoms with Gasteiger partial charge in [-0.3, -0.25) is 4.68 Å². The molecule has 1 heterocycles. The van der Waals surface area contributed by atoms with Gasteiger partial charge in [0.25, 0.3) is 0 Å². The van der Waals surface area contributed by atoms with E-state index in [4.69, 9.17) is 0 Å². The minimum absolute atomic E-state index is 0.713. The third kappa shape index (κ3) is 3.32. The fraction of sp³-hybridized carbons (Fsp3) is 0.786. The van der Waals surface area contributed by atoms with Crippen LogP contribution in [-0.2, 0) is 13.1 Å². The van der Waals surface area contributed by atoms with Crippen LogP contribution < -0.4 is 5.32 Å². The Labute approximate surface area is 105 Å². The molecule has 0 spiro atoms. The highest BCUT2D eigenvalue weighted by molar-refractivity contribution is 5.25. The quantitative estimate of drug-likeness (QED) is 0.787. The summed E-state index contributed by atoms with van der Waals surface area (Å²) >= 11 is 0. The minimum atomic E-state index is 0.713. The number of hydrogen-bond acceptors (Lipinski definition) is 2. The molecule has 17 heavy (non-hydrogen) atoms. The summed E-state index contributed by atoms with van der Waals surface area (Å²) in [6.07, 6.45) is 5.94. The number of hydrogen-bond donors (Lipinski definition) is 1. The Balaban J connectivity index is 2.00. The Kier molecular flexibility index (Phi) is 4.21. The molecule has 1 fully saturated rings. The van der Waals surface area contributed by atoms with Gasteiger partial charge in [0.1, 0.15) is 0 Å². The van der Waals surface area contributed by atoms with Gasteiger partial charge in [-0.05, 0) is 31.7 Å². The highest BCUT2D eigenvalue weighted by atomic mass is 15.3. The largest absolute Gasteiger partial charge is 0.312 e. The van der Waals surface area contributed by atoms with Crippen molar-refractivity contribution >= 4 is 0 Å². The van der Waals surface area contributed by atoms with Gasteiger partial charge in [0.15, 0.2) is 0 Å². The van der Waals surface area contributed by atoms with E-state index in [2.05, 4.69) is 42.1 Å². The monoisotopic (exact) mass is 235 g/mol. The topological polar surface area (TPSA) is 29.9 Å². The Morgan fingerprint density at radius 1 is 1.47 bits per heavy atom. The summed E-state index contributed by atoms with van der Waals surface area (Å²) in [5.41, 5.74) is 2.92. The molecular weight excluding hydrogens is 210 g/mol. The highest BCUT2D eigenvalue weighted by Gasteiger charge is 2.29. The van der Waals surface area contributed by atoms with Gasteiger partial charge in [0.2, 0.25) is 0 Å². The van der Waals surface area contributed by atoms with Crippen molar-refractivity contribution in [3.8, 4) is 0 Å². The summed E-state index contributed by atoms with van der Waals surface area (Å²) in [7, 11) is 0. The first-order chi connectivity index (χ1) is 8.22. The summed E-state index contributed by atoms with van der Waals surface area (Å²) in [6, 6.07) is 0. The van der Waals surface area contributed by atoms with E-state index in [-0.39, 0.29) is 0 Å². The zero-order chi connectivity index (χ0) is 12.3. The maximum absolute atomic E-state index is 4.54. The van der Waals surface area contributed by atoms with E-state index in [0.717, 1.165) is 25.6 Å². The fourth-order valence-electron chi connectivity index (χ4n) is 2.28. The zero-order valence-electron chi connectivity index (χ0n) is 11.4. The molecular formula is C14H25N3. The second-order valence-corrected chi connectivity index (χ2v) is 5.58. The van der Waals surface area contributed by atoms with Crippen molar-refractivity contribution in [2.24, 2.45) is 5.92 Å². The normalized spacial score (nSPS) is 15.8. The van der Waals surface area contributed by atoms with E-state index >= 15 is 0 Å². The van der Waals surface area contributed by atoms with Crippen LogP contribution in [0.2, 0.25) is 0 Å². The average molecular weight is 235 g/mol. The third-order valence-corrected chi connectivity index (χ3v) is 3.23. The Bertz CT molecular complexity index is 350. The Morgan fingerprint density at radius 3 is 2.82 bits per heavy atom. The molecule has 0 atom stereocenters. The van der Waals surface area contributed by atoms with Crippen LogP contribution in [0.5, 0.6) is 0 Å². The van der Waals surface area contributed by atoms with Gasteiger partial charge in [0.05, 0.1) is 6.20 Å². The van der Waals surface area contributed by atoms with Gasteiger partial charge in [-0.15, -0.1) is 0 Å². The first-order valence-corrected chi connectivity index (χ1v) is 6.97. The van der Waals surface area contributed by atoms with Crippen molar-refractivity contribution in [3.05, 3.63) is 17.5 Å². The van der Waals surface area contributed by atoms with Crippen LogP contribution >= 0.6 is 0 Å². The van der Waals surface area contributed by atoms with Crippen molar-refractivity contribution in [2.75, 3.05) is 6.54 Å². The van der Waals surface area contributed by atoms with Crippen LogP contribution in [0.4, 0.5) is 0 Å². The fourth-order valence-corrected chi connectivity index (χ4v) is 2.28. The van der Waals surface area contributed by atoms with Gasteiger partial charge < -0.3 is 5.32 Å². The molecule has 3 nitrogen and oxygen atoms in total. The molecule has 96 valence electrons. The second-order valence-electron chi connectivity index (χ2n) is 5.58. The predicted octanol–water partition coefficient (Wildman–Crippen LogP) is 2.92. The van der Waals surface area contributed by atoms with Gasteiger partial charge in [-0.25, -0.2) is 0 Å². The molecule has 1 saturated carbocycles.